The number of ether oxygens (including phenoxy) is 1. The summed E-state index contributed by atoms with van der Waals surface area (Å²) in [5.41, 5.74) is 0. The first-order valence-corrected chi connectivity index (χ1v) is 5.45. The van der Waals surface area contributed by atoms with Crippen LogP contribution in [0.1, 0.15) is 12.8 Å². The first-order valence-electron chi connectivity index (χ1n) is 5.45. The number of carboxylic acids is 1. The Morgan fingerprint density at radius 3 is 2.59 bits per heavy atom. The molecular formula is C11H16FNO4. The third-order valence-electron chi connectivity index (χ3n) is 2.77. The lowest BCUT2D eigenvalue weighted by molar-refractivity contribution is -0.145. The van der Waals surface area contributed by atoms with Crippen molar-refractivity contribution in [1.82, 2.24) is 4.90 Å². The van der Waals surface area contributed by atoms with Crippen LogP contribution in [0.15, 0.2) is 12.7 Å². The zero-order valence-corrected chi connectivity index (χ0v) is 9.47. The van der Waals surface area contributed by atoms with Gasteiger partial charge in [0, 0.05) is 19.0 Å². The number of rotatable bonds is 4. The van der Waals surface area contributed by atoms with E-state index in [4.69, 9.17) is 9.84 Å². The Hall–Kier alpha value is -1.59. The summed E-state index contributed by atoms with van der Waals surface area (Å²) in [6.07, 6.45) is -0.157. The predicted octanol–water partition coefficient (Wildman–Crippen LogP) is 1.44. The fraction of sp³-hybridized carbons (Fsp3) is 0.636. The predicted molar refractivity (Wildman–Crippen MR) is 58.4 cm³/mol. The highest BCUT2D eigenvalue weighted by atomic mass is 19.1. The summed E-state index contributed by atoms with van der Waals surface area (Å²) in [5.74, 6) is -1.95. The van der Waals surface area contributed by atoms with Gasteiger partial charge >= 0.3 is 12.1 Å². The summed E-state index contributed by atoms with van der Waals surface area (Å²) in [6, 6.07) is 0. The van der Waals surface area contributed by atoms with E-state index in [1.807, 2.05) is 0 Å². The maximum Gasteiger partial charge on any atom is 0.410 e. The smallest absolute Gasteiger partial charge is 0.410 e. The monoisotopic (exact) mass is 245 g/mol. The van der Waals surface area contributed by atoms with Crippen LogP contribution in [0.3, 0.4) is 0 Å². The van der Waals surface area contributed by atoms with E-state index >= 15 is 0 Å². The van der Waals surface area contributed by atoms with Gasteiger partial charge < -0.3 is 14.7 Å². The molecule has 6 heteroatoms. The highest BCUT2D eigenvalue weighted by molar-refractivity contribution is 5.72. The number of amides is 1. The van der Waals surface area contributed by atoms with Crippen LogP contribution in [0.5, 0.6) is 0 Å². The van der Waals surface area contributed by atoms with Crippen LogP contribution in [0.25, 0.3) is 0 Å². The van der Waals surface area contributed by atoms with Gasteiger partial charge in [-0.25, -0.2) is 14.0 Å². The van der Waals surface area contributed by atoms with E-state index < -0.39 is 24.2 Å². The molecule has 1 aliphatic rings. The number of carbonyl (C=O) groups excluding carboxylic acids is 1. The maximum atomic E-state index is 13.2. The van der Waals surface area contributed by atoms with Crippen LogP contribution in [0.4, 0.5) is 9.18 Å². The summed E-state index contributed by atoms with van der Waals surface area (Å²) >= 11 is 0. The lowest BCUT2D eigenvalue weighted by Gasteiger charge is -2.31. The van der Waals surface area contributed by atoms with E-state index in [0.29, 0.717) is 25.9 Å². The molecule has 96 valence electrons. The lowest BCUT2D eigenvalue weighted by Crippen LogP contribution is -2.42. The Kier molecular flexibility index (Phi) is 4.93. The Morgan fingerprint density at radius 1 is 1.53 bits per heavy atom. The quantitative estimate of drug-likeness (QED) is 0.761. The third-order valence-corrected chi connectivity index (χ3v) is 2.77. The molecule has 1 fully saturated rings. The minimum Gasteiger partial charge on any atom is -0.479 e. The van der Waals surface area contributed by atoms with Crippen molar-refractivity contribution in [3.05, 3.63) is 12.7 Å². The molecule has 1 heterocycles. The number of nitrogens with zero attached hydrogens (tertiary/aromatic N) is 1. The highest BCUT2D eigenvalue weighted by Gasteiger charge is 2.32. The molecule has 1 amide bonds. The zero-order chi connectivity index (χ0) is 12.8. The molecule has 0 radical (unpaired) electrons. The fourth-order valence-electron chi connectivity index (χ4n) is 1.80. The van der Waals surface area contributed by atoms with Crippen molar-refractivity contribution < 1.29 is 23.8 Å². The van der Waals surface area contributed by atoms with Gasteiger partial charge in [-0.2, -0.15) is 0 Å². The molecule has 1 N–H and O–H groups in total. The first kappa shape index (κ1) is 13.5. The second-order valence-corrected chi connectivity index (χ2v) is 3.93. The highest BCUT2D eigenvalue weighted by Crippen LogP contribution is 2.23. The van der Waals surface area contributed by atoms with Gasteiger partial charge in [0.25, 0.3) is 0 Å². The average molecular weight is 245 g/mol. The molecule has 0 aromatic heterocycles. The van der Waals surface area contributed by atoms with Crippen molar-refractivity contribution in [2.24, 2.45) is 5.92 Å². The largest absolute Gasteiger partial charge is 0.479 e. The van der Waals surface area contributed by atoms with Gasteiger partial charge in [-0.15, -0.1) is 0 Å². The minimum atomic E-state index is -1.85. The van der Waals surface area contributed by atoms with Crippen LogP contribution >= 0.6 is 0 Å². The van der Waals surface area contributed by atoms with Gasteiger partial charge in [0.05, 0.1) is 0 Å². The number of aliphatic carboxylic acids is 1. The minimum absolute atomic E-state index is 0.139. The van der Waals surface area contributed by atoms with Crippen LogP contribution in [0, 0.1) is 5.92 Å². The first-order chi connectivity index (χ1) is 8.06. The zero-order valence-electron chi connectivity index (χ0n) is 9.47. The SMILES string of the molecule is C=CCOC(=O)N1CCC(C(F)C(=O)O)CC1. The normalized spacial score (nSPS) is 18.5. The Labute approximate surface area is 98.8 Å². The molecule has 1 rings (SSSR count). The molecule has 17 heavy (non-hydrogen) atoms. The van der Waals surface area contributed by atoms with Crippen molar-refractivity contribution in [2.45, 2.75) is 19.0 Å². The second kappa shape index (κ2) is 6.22. The maximum absolute atomic E-state index is 13.2. The van der Waals surface area contributed by atoms with Gasteiger partial charge in [0.1, 0.15) is 6.61 Å². The number of alkyl halides is 1. The average Bonchev–Trinajstić information content (AvgIpc) is 2.35. The molecule has 1 atom stereocenters. The van der Waals surface area contributed by atoms with E-state index in [0.717, 1.165) is 0 Å². The van der Waals surface area contributed by atoms with Crippen molar-refractivity contribution in [2.75, 3.05) is 19.7 Å². The summed E-state index contributed by atoms with van der Waals surface area (Å²) in [7, 11) is 0. The number of carbonyl (C=O) groups is 2. The topological polar surface area (TPSA) is 66.8 Å². The fourth-order valence-corrected chi connectivity index (χ4v) is 1.80. The number of piperidine rings is 1. The van der Waals surface area contributed by atoms with E-state index in [1.54, 1.807) is 0 Å². The number of halogens is 1. The summed E-state index contributed by atoms with van der Waals surface area (Å²) < 4.78 is 18.0. The molecule has 1 aliphatic heterocycles. The number of hydrogen-bond donors (Lipinski definition) is 1. The van der Waals surface area contributed by atoms with Gasteiger partial charge in [-0.3, -0.25) is 0 Å². The van der Waals surface area contributed by atoms with Crippen LogP contribution in [-0.4, -0.2) is 47.9 Å². The Balaban J connectivity index is 2.37. The van der Waals surface area contributed by atoms with Crippen LogP contribution in [0.2, 0.25) is 0 Å². The Bertz CT molecular complexity index is 300. The Morgan fingerprint density at radius 2 is 2.12 bits per heavy atom. The van der Waals surface area contributed by atoms with E-state index in [1.165, 1.54) is 11.0 Å². The van der Waals surface area contributed by atoms with Crippen molar-refractivity contribution >= 4 is 12.1 Å². The molecule has 0 saturated carbocycles. The van der Waals surface area contributed by atoms with Gasteiger partial charge in [-0.1, -0.05) is 12.7 Å². The van der Waals surface area contributed by atoms with Crippen molar-refractivity contribution in [3.8, 4) is 0 Å². The molecule has 5 nitrogen and oxygen atoms in total. The lowest BCUT2D eigenvalue weighted by atomic mass is 9.92. The van der Waals surface area contributed by atoms with Gasteiger partial charge in [-0.05, 0) is 12.8 Å². The second-order valence-electron chi connectivity index (χ2n) is 3.93. The molecule has 0 aliphatic carbocycles. The molecule has 1 saturated heterocycles. The van der Waals surface area contributed by atoms with Gasteiger partial charge in [0.15, 0.2) is 6.17 Å². The standard InChI is InChI=1S/C11H16FNO4/c1-2-7-17-11(16)13-5-3-8(4-6-13)9(12)10(14)15/h2,8-9H,1,3-7H2,(H,14,15). The van der Waals surface area contributed by atoms with E-state index in [9.17, 15) is 14.0 Å². The number of carboxylic acid groups (broad SMARTS) is 1. The van der Waals surface area contributed by atoms with Gasteiger partial charge in [0.2, 0.25) is 0 Å². The van der Waals surface area contributed by atoms with Crippen LogP contribution < -0.4 is 0 Å². The van der Waals surface area contributed by atoms with Crippen molar-refractivity contribution in [1.29, 1.82) is 0 Å². The molecule has 0 spiro atoms. The summed E-state index contributed by atoms with van der Waals surface area (Å²) in [4.78, 5) is 23.3. The molecule has 1 unspecified atom stereocenters. The van der Waals surface area contributed by atoms with Crippen LogP contribution in [-0.2, 0) is 9.53 Å². The molecule has 0 bridgehead atoms. The van der Waals surface area contributed by atoms with E-state index in [-0.39, 0.29) is 6.61 Å². The summed E-state index contributed by atoms with van der Waals surface area (Å²) in [6.45, 7) is 4.22. The van der Waals surface area contributed by atoms with Crippen molar-refractivity contribution in [3.63, 3.8) is 0 Å². The summed E-state index contributed by atoms with van der Waals surface area (Å²) in [5, 5.41) is 8.53. The molecule has 0 aromatic rings. The number of hydrogen-bond acceptors (Lipinski definition) is 3. The third kappa shape index (κ3) is 3.72. The van der Waals surface area contributed by atoms with E-state index in [2.05, 4.69) is 6.58 Å². The molecule has 0 aromatic carbocycles. The molecular weight excluding hydrogens is 229 g/mol. The number of likely N-dealkylation sites (tertiary alicyclic amines) is 1.